The van der Waals surface area contributed by atoms with Gasteiger partial charge >= 0.3 is 5.97 Å². The zero-order valence-electron chi connectivity index (χ0n) is 17.4. The minimum absolute atomic E-state index is 0.0346. The molecule has 176 valence electrons. The predicted octanol–water partition coefficient (Wildman–Crippen LogP) is 1.05. The van der Waals surface area contributed by atoms with E-state index in [-0.39, 0.29) is 49.8 Å². The van der Waals surface area contributed by atoms with Crippen molar-refractivity contribution in [3.63, 3.8) is 0 Å². The monoisotopic (exact) mass is 495 g/mol. The van der Waals surface area contributed by atoms with Gasteiger partial charge < -0.3 is 14.9 Å². The van der Waals surface area contributed by atoms with Crippen molar-refractivity contribution >= 4 is 56.2 Å². The third-order valence-corrected chi connectivity index (χ3v) is 5.64. The highest BCUT2D eigenvalue weighted by Crippen LogP contribution is 2.18. The van der Waals surface area contributed by atoms with E-state index < -0.39 is 27.9 Å². The van der Waals surface area contributed by atoms with Gasteiger partial charge in [-0.25, -0.2) is 4.79 Å². The van der Waals surface area contributed by atoms with Crippen molar-refractivity contribution in [3.05, 3.63) is 41.6 Å². The minimum Gasteiger partial charge on any atom is -0.466 e. The summed E-state index contributed by atoms with van der Waals surface area (Å²) in [7, 11) is -4.01. The lowest BCUT2D eigenvalue weighted by Crippen LogP contribution is -2.32. The van der Waals surface area contributed by atoms with Gasteiger partial charge in [0.25, 0.3) is 27.1 Å². The number of imide groups is 1. The fourth-order valence-electron chi connectivity index (χ4n) is 3.01. The normalized spacial score (nSPS) is 13.9. The number of amides is 2. The van der Waals surface area contributed by atoms with E-state index in [0.717, 1.165) is 10.9 Å². The molecule has 1 fully saturated rings. The lowest BCUT2D eigenvalue weighted by Gasteiger charge is -2.12. The first kappa shape index (κ1) is 24.5. The molecule has 0 unspecified atom stereocenters. The first-order valence-corrected chi connectivity index (χ1v) is 11.9. The van der Waals surface area contributed by atoms with Crippen molar-refractivity contribution in [2.24, 2.45) is 0 Å². The van der Waals surface area contributed by atoms with Gasteiger partial charge in [0, 0.05) is 36.5 Å². The highest BCUT2D eigenvalue weighted by molar-refractivity contribution is 7.85. The molecule has 0 atom stereocenters. The lowest BCUT2D eigenvalue weighted by atomic mass is 10.1. The average Bonchev–Trinajstić information content (AvgIpc) is 3.06. The quantitative estimate of drug-likeness (QED) is 0.222. The molecule has 1 aliphatic rings. The Morgan fingerprint density at radius 1 is 1.18 bits per heavy atom. The summed E-state index contributed by atoms with van der Waals surface area (Å²) in [6, 6.07) is 7.03. The number of benzene rings is 1. The van der Waals surface area contributed by atoms with Crippen LogP contribution in [-0.2, 0) is 47.1 Å². The van der Waals surface area contributed by atoms with Gasteiger partial charge in [-0.3, -0.25) is 19.1 Å². The van der Waals surface area contributed by atoms with Crippen molar-refractivity contribution in [1.29, 1.82) is 0 Å². The molecule has 11 nitrogen and oxygen atoms in total. The van der Waals surface area contributed by atoms with E-state index in [2.05, 4.69) is 10.3 Å². The Hall–Kier alpha value is -3.16. The van der Waals surface area contributed by atoms with Crippen molar-refractivity contribution in [2.75, 3.05) is 12.3 Å². The van der Waals surface area contributed by atoms with E-state index in [4.69, 9.17) is 26.3 Å². The van der Waals surface area contributed by atoms with Crippen molar-refractivity contribution < 1.29 is 36.9 Å². The van der Waals surface area contributed by atoms with Gasteiger partial charge in [0.15, 0.2) is 0 Å². The van der Waals surface area contributed by atoms with Gasteiger partial charge in [0.05, 0.1) is 17.7 Å². The Balaban J connectivity index is 1.50. The first-order valence-electron chi connectivity index (χ1n) is 9.90. The van der Waals surface area contributed by atoms with Crippen LogP contribution >= 0.6 is 12.2 Å². The number of hydrogen-bond acceptors (Lipinski definition) is 9. The number of nitrogens with one attached hydrogen (secondary N) is 1. The van der Waals surface area contributed by atoms with Crippen LogP contribution in [0.15, 0.2) is 30.5 Å². The van der Waals surface area contributed by atoms with Crippen LogP contribution in [0.25, 0.3) is 10.9 Å². The Labute approximate surface area is 194 Å². The van der Waals surface area contributed by atoms with Crippen LogP contribution < -0.4 is 5.32 Å². The first-order chi connectivity index (χ1) is 15.6. The Morgan fingerprint density at radius 3 is 2.61 bits per heavy atom. The van der Waals surface area contributed by atoms with Gasteiger partial charge in [-0.1, -0.05) is 12.1 Å². The fraction of sp³-hybridized carbons (Fsp3) is 0.350. The van der Waals surface area contributed by atoms with Crippen molar-refractivity contribution in [1.82, 2.24) is 15.4 Å². The van der Waals surface area contributed by atoms with E-state index in [1.165, 1.54) is 0 Å². The number of hydroxylamine groups is 2. The fourth-order valence-corrected chi connectivity index (χ4v) is 3.68. The number of ether oxygens (including phenoxy) is 1. The van der Waals surface area contributed by atoms with Crippen LogP contribution in [0, 0.1) is 0 Å². The number of nitrogens with zero attached hydrogens (tertiary/aromatic N) is 2. The van der Waals surface area contributed by atoms with E-state index in [1.54, 1.807) is 24.4 Å². The highest BCUT2D eigenvalue weighted by atomic mass is 32.2. The van der Waals surface area contributed by atoms with Gasteiger partial charge in [-0.15, -0.1) is 5.06 Å². The number of hydrogen-bond donors (Lipinski definition) is 2. The summed E-state index contributed by atoms with van der Waals surface area (Å²) in [5, 5.41) is 4.15. The summed E-state index contributed by atoms with van der Waals surface area (Å²) >= 11 is 5.02. The molecule has 0 bridgehead atoms. The molecule has 2 N–H and O–H groups in total. The van der Waals surface area contributed by atoms with E-state index in [0.29, 0.717) is 16.1 Å². The van der Waals surface area contributed by atoms with Crippen LogP contribution in [0.3, 0.4) is 0 Å². The Morgan fingerprint density at radius 2 is 1.91 bits per heavy atom. The second-order valence-corrected chi connectivity index (χ2v) is 9.18. The van der Waals surface area contributed by atoms with Crippen LogP contribution in [0.5, 0.6) is 0 Å². The molecule has 1 aliphatic heterocycles. The topological polar surface area (TPSA) is 152 Å². The molecule has 1 saturated heterocycles. The number of aromatic nitrogens is 1. The maximum Gasteiger partial charge on any atom is 0.337 e. The maximum absolute atomic E-state index is 12.1. The zero-order chi connectivity index (χ0) is 24.0. The summed E-state index contributed by atoms with van der Waals surface area (Å²) in [5.41, 5.74) is 1.98. The molecule has 2 amide bonds. The molecule has 2 aromatic rings. The van der Waals surface area contributed by atoms with Gasteiger partial charge in [-0.05, 0) is 36.3 Å². The molecule has 0 aliphatic carbocycles. The molecule has 33 heavy (non-hydrogen) atoms. The zero-order valence-corrected chi connectivity index (χ0v) is 19.0. The van der Waals surface area contributed by atoms with E-state index in [1.807, 2.05) is 6.07 Å². The third-order valence-electron chi connectivity index (χ3n) is 4.57. The largest absolute Gasteiger partial charge is 0.466 e. The van der Waals surface area contributed by atoms with Crippen LogP contribution in [0.1, 0.15) is 30.4 Å². The smallest absolute Gasteiger partial charge is 0.337 e. The maximum atomic E-state index is 12.1. The summed E-state index contributed by atoms with van der Waals surface area (Å²) in [5.74, 6) is -2.15. The number of thiocarbonyl (C=S) groups is 1. The predicted molar refractivity (Wildman–Crippen MR) is 119 cm³/mol. The molecular formula is C20H21N3O8S2. The number of pyridine rings is 1. The second-order valence-electron chi connectivity index (χ2n) is 7.24. The summed E-state index contributed by atoms with van der Waals surface area (Å²) in [6.45, 7) is 0.374. The summed E-state index contributed by atoms with van der Waals surface area (Å²) in [4.78, 5) is 44.4. The average molecular weight is 496 g/mol. The Kier molecular flexibility index (Phi) is 7.89. The SMILES string of the molecule is O=C(Cc1ccc2cc(COC(=S)NCCCS(=O)(=O)O)cnc2c1)ON1C(=O)CCC1=O. The highest BCUT2D eigenvalue weighted by Gasteiger charge is 2.32. The van der Waals surface area contributed by atoms with E-state index >= 15 is 0 Å². The van der Waals surface area contributed by atoms with Crippen molar-refractivity contribution in [2.45, 2.75) is 32.3 Å². The molecule has 0 radical (unpaired) electrons. The molecule has 13 heteroatoms. The van der Waals surface area contributed by atoms with Crippen LogP contribution in [-0.4, -0.2) is 58.3 Å². The molecule has 0 spiro atoms. The number of carbonyl (C=O) groups excluding carboxylic acids is 3. The second kappa shape index (κ2) is 10.6. The molecule has 3 rings (SSSR count). The third kappa shape index (κ3) is 7.44. The van der Waals surface area contributed by atoms with Crippen LogP contribution in [0.4, 0.5) is 0 Å². The number of fused-ring (bicyclic) bond motifs is 1. The summed E-state index contributed by atoms with van der Waals surface area (Å²) in [6.07, 6.45) is 1.71. The summed E-state index contributed by atoms with van der Waals surface area (Å²) < 4.78 is 35.4. The minimum atomic E-state index is -4.01. The van der Waals surface area contributed by atoms with Crippen molar-refractivity contribution in [3.8, 4) is 0 Å². The lowest BCUT2D eigenvalue weighted by molar-refractivity contribution is -0.197. The van der Waals surface area contributed by atoms with Gasteiger partial charge in [0.2, 0.25) is 0 Å². The number of carbonyl (C=O) groups is 3. The molecule has 1 aromatic heterocycles. The Bertz CT molecular complexity index is 1180. The standard InChI is InChI=1S/C20H21N3O8S2/c24-17-4-5-18(25)23(17)31-19(26)10-13-2-3-15-8-14(11-22-16(15)9-13)12-30-20(32)21-6-1-7-33(27,28)29/h2-3,8-9,11H,1,4-7,10,12H2,(H,21,32)(H,27,28,29). The van der Waals surface area contributed by atoms with Gasteiger partial charge in [-0.2, -0.15) is 8.42 Å². The van der Waals surface area contributed by atoms with E-state index in [9.17, 15) is 22.8 Å². The molecule has 2 heterocycles. The van der Waals surface area contributed by atoms with Crippen LogP contribution in [0.2, 0.25) is 0 Å². The van der Waals surface area contributed by atoms with Gasteiger partial charge in [0.1, 0.15) is 6.61 Å². The molecular weight excluding hydrogens is 474 g/mol. The molecule has 1 aromatic carbocycles. The number of rotatable bonds is 9. The molecule has 0 saturated carbocycles.